The highest BCUT2D eigenvalue weighted by atomic mass is 32.2. The van der Waals surface area contributed by atoms with E-state index < -0.39 is 20.7 Å². The molecule has 2 aromatic carbocycles. The van der Waals surface area contributed by atoms with Crippen LogP contribution in [0.15, 0.2) is 48.5 Å². The van der Waals surface area contributed by atoms with Gasteiger partial charge in [0, 0.05) is 23.9 Å². The second-order valence-corrected chi connectivity index (χ2v) is 8.69. The number of nitrogens with one attached hydrogen (secondary N) is 2. The first-order valence-electron chi connectivity index (χ1n) is 8.43. The van der Waals surface area contributed by atoms with Crippen LogP contribution < -0.4 is 10.6 Å². The lowest BCUT2D eigenvalue weighted by Gasteiger charge is -2.11. The van der Waals surface area contributed by atoms with Crippen LogP contribution in [0.2, 0.25) is 0 Å². The Morgan fingerprint density at radius 2 is 1.93 bits per heavy atom. The van der Waals surface area contributed by atoms with Gasteiger partial charge in [-0.15, -0.1) is 0 Å². The fourth-order valence-electron chi connectivity index (χ4n) is 2.98. The standard InChI is InChI=1S/C18H19N3O5S/c22-18(19-11-13-8-9-27(25,26)12-13)14-6-7-16(17(10-14)21(23)24)20-15-4-2-1-3-5-15/h1-7,10,13,20H,8-9,11-12H2,(H,19,22). The van der Waals surface area contributed by atoms with Crippen LogP contribution in [0, 0.1) is 16.0 Å². The number of amides is 1. The molecule has 1 atom stereocenters. The average Bonchev–Trinajstić information content (AvgIpc) is 2.99. The zero-order chi connectivity index (χ0) is 19.4. The van der Waals surface area contributed by atoms with Crippen LogP contribution in [0.25, 0.3) is 0 Å². The highest BCUT2D eigenvalue weighted by Gasteiger charge is 2.28. The number of nitrogens with zero attached hydrogens (tertiary/aromatic N) is 1. The van der Waals surface area contributed by atoms with Gasteiger partial charge in [-0.05, 0) is 36.6 Å². The van der Waals surface area contributed by atoms with Crippen molar-refractivity contribution in [2.75, 3.05) is 23.4 Å². The molecule has 0 spiro atoms. The Bertz CT molecular complexity index is 960. The summed E-state index contributed by atoms with van der Waals surface area (Å²) < 4.78 is 22.9. The number of para-hydroxylation sites is 1. The molecule has 9 heteroatoms. The van der Waals surface area contributed by atoms with Crippen LogP contribution in [-0.4, -0.2) is 37.3 Å². The second-order valence-electron chi connectivity index (χ2n) is 6.46. The largest absolute Gasteiger partial charge is 0.352 e. The van der Waals surface area contributed by atoms with Gasteiger partial charge in [-0.3, -0.25) is 14.9 Å². The summed E-state index contributed by atoms with van der Waals surface area (Å²) in [5, 5.41) is 17.0. The van der Waals surface area contributed by atoms with Gasteiger partial charge in [0.1, 0.15) is 5.69 Å². The number of nitro benzene ring substituents is 1. The number of benzene rings is 2. The number of anilines is 2. The number of carbonyl (C=O) groups excluding carboxylic acids is 1. The number of nitro groups is 1. The van der Waals surface area contributed by atoms with Crippen molar-refractivity contribution in [2.24, 2.45) is 5.92 Å². The van der Waals surface area contributed by atoms with Gasteiger partial charge in [-0.1, -0.05) is 18.2 Å². The molecular formula is C18H19N3O5S. The maximum Gasteiger partial charge on any atom is 0.293 e. The van der Waals surface area contributed by atoms with Crippen LogP contribution >= 0.6 is 0 Å². The molecular weight excluding hydrogens is 370 g/mol. The summed E-state index contributed by atoms with van der Waals surface area (Å²) >= 11 is 0. The molecule has 27 heavy (non-hydrogen) atoms. The Morgan fingerprint density at radius 3 is 2.56 bits per heavy atom. The molecule has 1 heterocycles. The van der Waals surface area contributed by atoms with Gasteiger partial charge >= 0.3 is 0 Å². The third kappa shape index (κ3) is 4.82. The van der Waals surface area contributed by atoms with Gasteiger partial charge in [0.05, 0.1) is 16.4 Å². The predicted octanol–water partition coefficient (Wildman–Crippen LogP) is 2.50. The smallest absolute Gasteiger partial charge is 0.293 e. The van der Waals surface area contributed by atoms with Gasteiger partial charge in [-0.25, -0.2) is 8.42 Å². The molecule has 1 amide bonds. The molecule has 0 aliphatic carbocycles. The van der Waals surface area contributed by atoms with E-state index in [4.69, 9.17) is 0 Å². The number of rotatable bonds is 6. The van der Waals surface area contributed by atoms with Crippen LogP contribution in [0.3, 0.4) is 0 Å². The van der Waals surface area contributed by atoms with Crippen LogP contribution in [0.1, 0.15) is 16.8 Å². The van der Waals surface area contributed by atoms with Crippen LogP contribution in [0.4, 0.5) is 17.1 Å². The molecule has 0 bridgehead atoms. The Morgan fingerprint density at radius 1 is 1.19 bits per heavy atom. The highest BCUT2D eigenvalue weighted by molar-refractivity contribution is 7.91. The second kappa shape index (κ2) is 7.75. The third-order valence-electron chi connectivity index (χ3n) is 4.39. The summed E-state index contributed by atoms with van der Waals surface area (Å²) in [6.45, 7) is 0.232. The first kappa shape index (κ1) is 18.8. The summed E-state index contributed by atoms with van der Waals surface area (Å²) in [6, 6.07) is 13.2. The number of hydrogen-bond donors (Lipinski definition) is 2. The average molecular weight is 389 g/mol. The number of carbonyl (C=O) groups is 1. The van der Waals surface area contributed by atoms with E-state index in [1.807, 2.05) is 6.07 Å². The first-order valence-corrected chi connectivity index (χ1v) is 10.3. The summed E-state index contributed by atoms with van der Waals surface area (Å²) in [5.74, 6) is -0.381. The van der Waals surface area contributed by atoms with E-state index >= 15 is 0 Å². The van der Waals surface area contributed by atoms with E-state index in [1.54, 1.807) is 24.3 Å². The monoisotopic (exact) mass is 389 g/mol. The molecule has 1 saturated heterocycles. The minimum Gasteiger partial charge on any atom is -0.352 e. The molecule has 1 aliphatic rings. The quantitative estimate of drug-likeness (QED) is 0.579. The van der Waals surface area contributed by atoms with E-state index in [1.165, 1.54) is 18.2 Å². The van der Waals surface area contributed by atoms with E-state index in [9.17, 15) is 23.3 Å². The topological polar surface area (TPSA) is 118 Å². The van der Waals surface area contributed by atoms with Crippen molar-refractivity contribution >= 4 is 32.8 Å². The van der Waals surface area contributed by atoms with Gasteiger partial charge < -0.3 is 10.6 Å². The summed E-state index contributed by atoms with van der Waals surface area (Å²) in [6.07, 6.45) is 0.517. The van der Waals surface area contributed by atoms with Gasteiger partial charge in [0.25, 0.3) is 11.6 Å². The minimum absolute atomic E-state index is 0.0629. The van der Waals surface area contributed by atoms with Crippen molar-refractivity contribution in [3.63, 3.8) is 0 Å². The predicted molar refractivity (Wildman–Crippen MR) is 102 cm³/mol. The maximum absolute atomic E-state index is 12.3. The Hall–Kier alpha value is -2.94. The van der Waals surface area contributed by atoms with Gasteiger partial charge in [0.2, 0.25) is 0 Å². The van der Waals surface area contributed by atoms with E-state index in [-0.39, 0.29) is 40.9 Å². The molecule has 1 fully saturated rings. The summed E-state index contributed by atoms with van der Waals surface area (Å²) in [5.41, 5.74) is 0.918. The first-order chi connectivity index (χ1) is 12.8. The molecule has 0 aromatic heterocycles. The lowest BCUT2D eigenvalue weighted by molar-refractivity contribution is -0.383. The fraction of sp³-hybridized carbons (Fsp3) is 0.278. The molecule has 0 radical (unpaired) electrons. The maximum atomic E-state index is 12.3. The number of sulfone groups is 1. The van der Waals surface area contributed by atoms with Gasteiger partial charge in [0.15, 0.2) is 9.84 Å². The van der Waals surface area contributed by atoms with E-state index in [0.29, 0.717) is 12.1 Å². The van der Waals surface area contributed by atoms with Crippen LogP contribution in [0.5, 0.6) is 0 Å². The summed E-state index contributed by atoms with van der Waals surface area (Å²) in [7, 11) is -3.01. The van der Waals surface area contributed by atoms with Crippen molar-refractivity contribution in [2.45, 2.75) is 6.42 Å². The molecule has 142 valence electrons. The van der Waals surface area contributed by atoms with E-state index in [2.05, 4.69) is 10.6 Å². The molecule has 2 N–H and O–H groups in total. The van der Waals surface area contributed by atoms with E-state index in [0.717, 1.165) is 0 Å². The molecule has 0 saturated carbocycles. The van der Waals surface area contributed by atoms with Crippen molar-refractivity contribution in [3.8, 4) is 0 Å². The fourth-order valence-corrected chi connectivity index (χ4v) is 4.84. The zero-order valence-corrected chi connectivity index (χ0v) is 15.2. The Labute approximate surface area is 156 Å². The zero-order valence-electron chi connectivity index (χ0n) is 14.4. The Balaban J connectivity index is 1.71. The lowest BCUT2D eigenvalue weighted by Crippen LogP contribution is -2.29. The Kier molecular flexibility index (Phi) is 5.41. The van der Waals surface area contributed by atoms with Crippen LogP contribution in [-0.2, 0) is 9.84 Å². The summed E-state index contributed by atoms with van der Waals surface area (Å²) in [4.78, 5) is 23.1. The lowest BCUT2D eigenvalue weighted by atomic mass is 10.1. The molecule has 2 aromatic rings. The molecule has 1 unspecified atom stereocenters. The van der Waals surface area contributed by atoms with Gasteiger partial charge in [-0.2, -0.15) is 0 Å². The third-order valence-corrected chi connectivity index (χ3v) is 6.22. The number of hydrogen-bond acceptors (Lipinski definition) is 6. The SMILES string of the molecule is O=C(NCC1CCS(=O)(=O)C1)c1ccc(Nc2ccccc2)c([N+](=O)[O-])c1. The normalized spacial score (nSPS) is 18.0. The van der Waals surface area contributed by atoms with Crippen molar-refractivity contribution in [1.82, 2.24) is 5.32 Å². The highest BCUT2D eigenvalue weighted by Crippen LogP contribution is 2.28. The minimum atomic E-state index is -3.01. The molecule has 8 nitrogen and oxygen atoms in total. The molecule has 3 rings (SSSR count). The van der Waals surface area contributed by atoms with Crippen molar-refractivity contribution in [1.29, 1.82) is 0 Å². The molecule has 1 aliphatic heterocycles. The van der Waals surface area contributed by atoms with Crippen molar-refractivity contribution < 1.29 is 18.1 Å². The van der Waals surface area contributed by atoms with Crippen molar-refractivity contribution in [3.05, 3.63) is 64.2 Å².